The van der Waals surface area contributed by atoms with E-state index in [2.05, 4.69) is 10.1 Å². The number of nitrogens with zero attached hydrogens (tertiary/aromatic N) is 1. The molecule has 1 aliphatic rings. The molecule has 21 heavy (non-hydrogen) atoms. The van der Waals surface area contributed by atoms with Crippen LogP contribution in [-0.2, 0) is 16.1 Å². The zero-order valence-corrected chi connectivity index (χ0v) is 12.2. The van der Waals surface area contributed by atoms with Crippen LogP contribution in [-0.4, -0.2) is 48.8 Å². The van der Waals surface area contributed by atoms with Crippen LogP contribution >= 0.6 is 0 Å². The lowest BCUT2D eigenvalue weighted by molar-refractivity contribution is -0.204. The average Bonchev–Trinajstić information content (AvgIpc) is 2.54. The number of rotatable bonds is 5. The van der Waals surface area contributed by atoms with Crippen molar-refractivity contribution in [1.82, 2.24) is 10.2 Å². The first-order chi connectivity index (χ1) is 10.2. The number of hydrogen-bond donors (Lipinski definition) is 2. The zero-order valence-electron chi connectivity index (χ0n) is 12.2. The van der Waals surface area contributed by atoms with Gasteiger partial charge in [-0.1, -0.05) is 30.3 Å². The highest BCUT2D eigenvalue weighted by Crippen LogP contribution is 2.14. The van der Waals surface area contributed by atoms with Crippen LogP contribution in [0.5, 0.6) is 0 Å². The van der Waals surface area contributed by atoms with Crippen molar-refractivity contribution in [2.24, 2.45) is 0 Å². The van der Waals surface area contributed by atoms with E-state index in [1.165, 1.54) is 7.11 Å². The number of amides is 1. The van der Waals surface area contributed by atoms with E-state index in [0.29, 0.717) is 19.7 Å². The molecule has 0 saturated carbocycles. The molecule has 1 unspecified atom stereocenters. The minimum absolute atomic E-state index is 0.0926. The third-order valence-electron chi connectivity index (χ3n) is 3.59. The number of likely N-dealkylation sites (tertiary alicyclic amines) is 1. The number of aliphatic hydroxyl groups excluding tert-OH is 1. The molecule has 116 valence electrons. The Balaban J connectivity index is 1.70. The molecular weight excluding hydrogens is 272 g/mol. The lowest BCUT2D eigenvalue weighted by Gasteiger charge is -2.34. The Morgan fingerprint density at radius 1 is 1.38 bits per heavy atom. The van der Waals surface area contributed by atoms with Gasteiger partial charge in [0, 0.05) is 19.1 Å². The van der Waals surface area contributed by atoms with Gasteiger partial charge in [-0.25, -0.2) is 4.79 Å². The number of methoxy groups -OCH3 is 1. The van der Waals surface area contributed by atoms with Crippen LogP contribution in [0.15, 0.2) is 30.3 Å². The van der Waals surface area contributed by atoms with E-state index in [1.807, 2.05) is 35.2 Å². The van der Waals surface area contributed by atoms with Gasteiger partial charge >= 0.3 is 6.09 Å². The van der Waals surface area contributed by atoms with Gasteiger partial charge in [0.15, 0.2) is 0 Å². The topological polar surface area (TPSA) is 71.0 Å². The molecule has 0 aliphatic carbocycles. The number of benzene rings is 1. The van der Waals surface area contributed by atoms with Crippen molar-refractivity contribution in [2.45, 2.75) is 31.9 Å². The van der Waals surface area contributed by atoms with Gasteiger partial charge in [0.1, 0.15) is 0 Å². The SMILES string of the molecule is COC(=O)NC1CCN(C(O)OCc2ccccc2)CC1. The van der Waals surface area contributed by atoms with Crippen molar-refractivity contribution in [3.8, 4) is 0 Å². The fraction of sp³-hybridized carbons (Fsp3) is 0.533. The van der Waals surface area contributed by atoms with E-state index in [9.17, 15) is 9.90 Å². The Hall–Kier alpha value is -1.63. The smallest absolute Gasteiger partial charge is 0.407 e. The Morgan fingerprint density at radius 2 is 2.05 bits per heavy atom. The first-order valence-electron chi connectivity index (χ1n) is 7.11. The Morgan fingerprint density at radius 3 is 2.67 bits per heavy atom. The largest absolute Gasteiger partial charge is 0.453 e. The molecule has 0 radical (unpaired) electrons. The summed E-state index contributed by atoms with van der Waals surface area (Å²) in [5, 5.41) is 12.8. The van der Waals surface area contributed by atoms with E-state index in [4.69, 9.17) is 4.74 Å². The number of piperidine rings is 1. The average molecular weight is 294 g/mol. The van der Waals surface area contributed by atoms with Gasteiger partial charge in [0.25, 0.3) is 0 Å². The van der Waals surface area contributed by atoms with Gasteiger partial charge in [-0.05, 0) is 18.4 Å². The summed E-state index contributed by atoms with van der Waals surface area (Å²) < 4.78 is 10.1. The zero-order chi connectivity index (χ0) is 15.1. The van der Waals surface area contributed by atoms with Crippen LogP contribution in [0.25, 0.3) is 0 Å². The summed E-state index contributed by atoms with van der Waals surface area (Å²) in [5.74, 6) is 0. The number of aliphatic hydroxyl groups is 1. The summed E-state index contributed by atoms with van der Waals surface area (Å²) in [5.41, 5.74) is 1.03. The first kappa shape index (κ1) is 15.8. The van der Waals surface area contributed by atoms with Crippen molar-refractivity contribution >= 4 is 6.09 Å². The first-order valence-corrected chi connectivity index (χ1v) is 7.11. The quantitative estimate of drug-likeness (QED) is 0.801. The fourth-order valence-corrected chi connectivity index (χ4v) is 2.34. The van der Waals surface area contributed by atoms with Crippen molar-refractivity contribution in [1.29, 1.82) is 0 Å². The van der Waals surface area contributed by atoms with Gasteiger partial charge in [-0.3, -0.25) is 4.90 Å². The van der Waals surface area contributed by atoms with Crippen molar-refractivity contribution in [2.75, 3.05) is 20.2 Å². The van der Waals surface area contributed by atoms with Gasteiger partial charge in [-0.15, -0.1) is 0 Å². The number of carbonyl (C=O) groups excluding carboxylic acids is 1. The standard InChI is InChI=1S/C15H22N2O4/c1-20-14(18)16-13-7-9-17(10-8-13)15(19)21-11-12-5-3-2-4-6-12/h2-6,13,15,19H,7-11H2,1H3,(H,16,18). The predicted molar refractivity (Wildman–Crippen MR) is 77.4 cm³/mol. The van der Waals surface area contributed by atoms with Crippen LogP contribution < -0.4 is 5.32 Å². The summed E-state index contributed by atoms with van der Waals surface area (Å²) in [6, 6.07) is 9.83. The molecule has 1 fully saturated rings. The maximum absolute atomic E-state index is 11.1. The normalized spacial score (nSPS) is 18.2. The third kappa shape index (κ3) is 5.00. The summed E-state index contributed by atoms with van der Waals surface area (Å²) in [6.45, 7) is 1.72. The minimum atomic E-state index is -0.913. The number of nitrogens with one attached hydrogen (secondary N) is 1. The minimum Gasteiger partial charge on any atom is -0.453 e. The van der Waals surface area contributed by atoms with Gasteiger partial charge in [0.05, 0.1) is 13.7 Å². The molecule has 1 aliphatic heterocycles. The Labute approximate surface area is 124 Å². The molecule has 1 heterocycles. The molecular formula is C15H22N2O4. The summed E-state index contributed by atoms with van der Waals surface area (Å²) in [7, 11) is 1.35. The Bertz CT molecular complexity index is 433. The highest BCUT2D eigenvalue weighted by atomic mass is 16.6. The predicted octanol–water partition coefficient (Wildman–Crippen LogP) is 1.30. The highest BCUT2D eigenvalue weighted by Gasteiger charge is 2.25. The molecule has 0 spiro atoms. The van der Waals surface area contributed by atoms with E-state index in [0.717, 1.165) is 18.4 Å². The molecule has 2 rings (SSSR count). The summed E-state index contributed by atoms with van der Waals surface area (Å²) >= 11 is 0. The molecule has 2 N–H and O–H groups in total. The molecule has 0 bridgehead atoms. The van der Waals surface area contributed by atoms with Crippen molar-refractivity contribution in [3.63, 3.8) is 0 Å². The second-order valence-corrected chi connectivity index (χ2v) is 5.07. The van der Waals surface area contributed by atoms with Gasteiger partial charge in [0.2, 0.25) is 6.41 Å². The molecule has 0 aromatic heterocycles. The third-order valence-corrected chi connectivity index (χ3v) is 3.59. The molecule has 1 aromatic rings. The lowest BCUT2D eigenvalue weighted by Crippen LogP contribution is -2.48. The summed E-state index contributed by atoms with van der Waals surface area (Å²) in [4.78, 5) is 13.0. The van der Waals surface area contributed by atoms with E-state index in [1.54, 1.807) is 0 Å². The van der Waals surface area contributed by atoms with Crippen LogP contribution in [0.1, 0.15) is 18.4 Å². The molecule has 1 atom stereocenters. The summed E-state index contributed by atoms with van der Waals surface area (Å²) in [6.07, 6.45) is 0.209. The number of hydrogen-bond acceptors (Lipinski definition) is 5. The number of carbonyl (C=O) groups is 1. The monoisotopic (exact) mass is 294 g/mol. The van der Waals surface area contributed by atoms with E-state index >= 15 is 0 Å². The van der Waals surface area contributed by atoms with Crippen molar-refractivity contribution in [3.05, 3.63) is 35.9 Å². The number of ether oxygens (including phenoxy) is 2. The molecule has 6 heteroatoms. The van der Waals surface area contributed by atoms with Crippen molar-refractivity contribution < 1.29 is 19.4 Å². The van der Waals surface area contributed by atoms with Crippen LogP contribution in [0.2, 0.25) is 0 Å². The lowest BCUT2D eigenvalue weighted by atomic mass is 10.1. The van der Waals surface area contributed by atoms with Gasteiger partial charge in [-0.2, -0.15) is 0 Å². The van der Waals surface area contributed by atoms with Crippen LogP contribution in [0.4, 0.5) is 4.79 Å². The highest BCUT2D eigenvalue weighted by molar-refractivity contribution is 5.67. The second-order valence-electron chi connectivity index (χ2n) is 5.07. The Kier molecular flexibility index (Phi) is 5.98. The fourth-order valence-electron chi connectivity index (χ4n) is 2.34. The second kappa shape index (κ2) is 7.97. The van der Waals surface area contributed by atoms with Crippen LogP contribution in [0, 0.1) is 0 Å². The molecule has 1 saturated heterocycles. The molecule has 6 nitrogen and oxygen atoms in total. The van der Waals surface area contributed by atoms with Gasteiger partial charge < -0.3 is 19.9 Å². The van der Waals surface area contributed by atoms with Crippen LogP contribution in [0.3, 0.4) is 0 Å². The maximum atomic E-state index is 11.1. The van der Waals surface area contributed by atoms with E-state index < -0.39 is 12.5 Å². The molecule has 1 aromatic carbocycles. The van der Waals surface area contributed by atoms with E-state index in [-0.39, 0.29) is 6.04 Å². The maximum Gasteiger partial charge on any atom is 0.407 e. The molecule has 1 amide bonds. The number of alkyl carbamates (subject to hydrolysis) is 1.